The van der Waals surface area contributed by atoms with Crippen LogP contribution in [0.25, 0.3) is 33.8 Å². The minimum atomic E-state index is -4.62. The van der Waals surface area contributed by atoms with E-state index in [1.807, 2.05) is 0 Å². The van der Waals surface area contributed by atoms with Crippen molar-refractivity contribution in [3.05, 3.63) is 36.0 Å². The molecule has 5 heterocycles. The molecule has 9 nitrogen and oxygen atoms in total. The number of nitrogens with two attached hydrogens (primary N) is 1. The van der Waals surface area contributed by atoms with Gasteiger partial charge in [-0.2, -0.15) is 18.2 Å². The van der Waals surface area contributed by atoms with E-state index in [-0.39, 0.29) is 23.0 Å². The summed E-state index contributed by atoms with van der Waals surface area (Å²) in [6, 6.07) is 3.19. The molecule has 0 atom stereocenters. The first-order valence-corrected chi connectivity index (χ1v) is 10.0. The minimum Gasteiger partial charge on any atom is -0.368 e. The number of nitrogen functional groups attached to an aromatic ring is 1. The Labute approximate surface area is 180 Å². The Morgan fingerprint density at radius 2 is 1.84 bits per heavy atom. The van der Waals surface area contributed by atoms with E-state index in [2.05, 4.69) is 35.4 Å². The van der Waals surface area contributed by atoms with Crippen LogP contribution in [0.15, 0.2) is 29.0 Å². The lowest BCUT2D eigenvalue weighted by atomic mass is 10.1. The standard InChI is InChI=1S/C15H10F3N7O.C5H11N/c1-6-22-13(25-26-6)10-3-2-7-8(4-20-12(7)23-10)11-9(15(16,17)18)5-21-14(19)24-11;1-2-4-6-5-3-1/h2-5H,1H3,(H,20,23)(H2,19,21,24);6H,1-5H2. The highest BCUT2D eigenvalue weighted by atomic mass is 19.4. The molecule has 0 bridgehead atoms. The van der Waals surface area contributed by atoms with Crippen LogP contribution in [0.5, 0.6) is 0 Å². The molecule has 0 amide bonds. The van der Waals surface area contributed by atoms with E-state index in [1.165, 1.54) is 38.5 Å². The molecule has 1 aliphatic rings. The number of nitrogens with zero attached hydrogens (tertiary/aromatic N) is 5. The molecule has 0 radical (unpaired) electrons. The van der Waals surface area contributed by atoms with Crippen molar-refractivity contribution in [2.75, 3.05) is 18.8 Å². The quantitative estimate of drug-likeness (QED) is 0.424. The summed E-state index contributed by atoms with van der Waals surface area (Å²) < 4.78 is 44.8. The zero-order valence-corrected chi connectivity index (χ0v) is 17.2. The summed E-state index contributed by atoms with van der Waals surface area (Å²) in [4.78, 5) is 18.5. The maximum absolute atomic E-state index is 13.3. The van der Waals surface area contributed by atoms with Crippen LogP contribution in [-0.2, 0) is 6.18 Å². The first-order chi connectivity index (χ1) is 15.3. The Hall–Kier alpha value is -3.54. The Bertz CT molecular complexity index is 1200. The van der Waals surface area contributed by atoms with Crippen molar-refractivity contribution < 1.29 is 17.7 Å². The van der Waals surface area contributed by atoms with Gasteiger partial charge in [0.15, 0.2) is 0 Å². The van der Waals surface area contributed by atoms with E-state index in [0.29, 0.717) is 28.8 Å². The fourth-order valence-corrected chi connectivity index (χ4v) is 3.34. The summed E-state index contributed by atoms with van der Waals surface area (Å²) in [5, 5.41) is 7.49. The topological polar surface area (TPSA) is 131 Å². The predicted molar refractivity (Wildman–Crippen MR) is 111 cm³/mol. The summed E-state index contributed by atoms with van der Waals surface area (Å²) in [7, 11) is 0. The third-order valence-electron chi connectivity index (χ3n) is 4.87. The highest BCUT2D eigenvalue weighted by Crippen LogP contribution is 2.38. The second-order valence-electron chi connectivity index (χ2n) is 7.23. The van der Waals surface area contributed by atoms with Gasteiger partial charge in [-0.3, -0.25) is 0 Å². The molecule has 5 rings (SSSR count). The molecule has 0 saturated carbocycles. The number of hydrogen-bond donors (Lipinski definition) is 3. The van der Waals surface area contributed by atoms with Gasteiger partial charge in [0.2, 0.25) is 17.7 Å². The lowest BCUT2D eigenvalue weighted by Crippen LogP contribution is -2.21. The van der Waals surface area contributed by atoms with Crippen molar-refractivity contribution in [2.24, 2.45) is 0 Å². The van der Waals surface area contributed by atoms with Crippen molar-refractivity contribution in [2.45, 2.75) is 32.4 Å². The fraction of sp³-hybridized carbons (Fsp3) is 0.350. The first-order valence-electron chi connectivity index (χ1n) is 10.0. The number of H-pyrrole nitrogens is 1. The number of hydrogen-bond acceptors (Lipinski definition) is 8. The molecule has 1 fully saturated rings. The van der Waals surface area contributed by atoms with Crippen LogP contribution in [0, 0.1) is 6.92 Å². The summed E-state index contributed by atoms with van der Waals surface area (Å²) >= 11 is 0. The number of piperidine rings is 1. The van der Waals surface area contributed by atoms with Crippen molar-refractivity contribution in [3.8, 4) is 22.8 Å². The molecule has 32 heavy (non-hydrogen) atoms. The van der Waals surface area contributed by atoms with Gasteiger partial charge in [0.1, 0.15) is 16.9 Å². The van der Waals surface area contributed by atoms with Crippen molar-refractivity contribution >= 4 is 17.0 Å². The largest absolute Gasteiger partial charge is 0.419 e. The number of aromatic amines is 1. The molecule has 1 saturated heterocycles. The maximum Gasteiger partial charge on any atom is 0.419 e. The molecule has 4 N–H and O–H groups in total. The number of aromatic nitrogens is 6. The van der Waals surface area contributed by atoms with Gasteiger partial charge in [-0.1, -0.05) is 11.6 Å². The molecule has 168 valence electrons. The number of alkyl halides is 3. The summed E-state index contributed by atoms with van der Waals surface area (Å²) in [6.07, 6.45) is 1.65. The van der Waals surface area contributed by atoms with E-state index in [4.69, 9.17) is 10.3 Å². The van der Waals surface area contributed by atoms with Crippen molar-refractivity contribution in [1.29, 1.82) is 0 Å². The van der Waals surface area contributed by atoms with Gasteiger partial charge < -0.3 is 20.6 Å². The van der Waals surface area contributed by atoms with E-state index >= 15 is 0 Å². The Morgan fingerprint density at radius 1 is 1.06 bits per heavy atom. The number of aryl methyl sites for hydroxylation is 1. The molecular weight excluding hydrogens is 425 g/mol. The molecule has 0 aromatic carbocycles. The number of rotatable bonds is 2. The zero-order chi connectivity index (χ0) is 22.7. The molecule has 4 aromatic heterocycles. The van der Waals surface area contributed by atoms with Crippen LogP contribution in [0.4, 0.5) is 19.1 Å². The van der Waals surface area contributed by atoms with E-state index in [1.54, 1.807) is 19.1 Å². The first kappa shape index (κ1) is 21.7. The van der Waals surface area contributed by atoms with Gasteiger partial charge in [0.05, 0.1) is 5.69 Å². The third kappa shape index (κ3) is 4.69. The van der Waals surface area contributed by atoms with Crippen molar-refractivity contribution in [1.82, 2.24) is 35.4 Å². The predicted octanol–water partition coefficient (Wildman–Crippen LogP) is 3.74. The summed E-state index contributed by atoms with van der Waals surface area (Å²) in [5.74, 6) is 0.400. The van der Waals surface area contributed by atoms with Crippen LogP contribution in [-0.4, -0.2) is 43.2 Å². The maximum atomic E-state index is 13.3. The van der Waals surface area contributed by atoms with E-state index < -0.39 is 11.7 Å². The number of nitrogens with one attached hydrogen (secondary N) is 2. The molecule has 4 aromatic rings. The highest BCUT2D eigenvalue weighted by molar-refractivity contribution is 5.94. The van der Waals surface area contributed by atoms with Gasteiger partial charge in [-0.25, -0.2) is 15.0 Å². The fourth-order valence-electron chi connectivity index (χ4n) is 3.34. The third-order valence-corrected chi connectivity index (χ3v) is 4.87. The normalized spacial score (nSPS) is 14.2. The average Bonchev–Trinajstić information content (AvgIpc) is 3.40. The zero-order valence-electron chi connectivity index (χ0n) is 17.2. The molecule has 1 aliphatic heterocycles. The SMILES string of the molecule is C1CCNCC1.Cc1nc(-c2ccc3c(-c4nc(N)ncc4C(F)(F)F)c[nH]c3n2)no1. The Kier molecular flexibility index (Phi) is 6.04. The van der Waals surface area contributed by atoms with Gasteiger partial charge >= 0.3 is 6.18 Å². The summed E-state index contributed by atoms with van der Waals surface area (Å²) in [6.45, 7) is 4.14. The van der Waals surface area contributed by atoms with Crippen LogP contribution in [0.1, 0.15) is 30.7 Å². The van der Waals surface area contributed by atoms with Crippen LogP contribution in [0.3, 0.4) is 0 Å². The number of fused-ring (bicyclic) bond motifs is 1. The van der Waals surface area contributed by atoms with Crippen LogP contribution in [0.2, 0.25) is 0 Å². The molecule has 0 spiro atoms. The second kappa shape index (κ2) is 8.91. The number of pyridine rings is 1. The minimum absolute atomic E-state index is 0.213. The van der Waals surface area contributed by atoms with Gasteiger partial charge in [0, 0.05) is 30.3 Å². The van der Waals surface area contributed by atoms with Gasteiger partial charge in [-0.15, -0.1) is 0 Å². The smallest absolute Gasteiger partial charge is 0.368 e. The van der Waals surface area contributed by atoms with Crippen LogP contribution >= 0.6 is 0 Å². The van der Waals surface area contributed by atoms with E-state index in [9.17, 15) is 13.2 Å². The second-order valence-corrected chi connectivity index (χ2v) is 7.23. The molecular formula is C20H21F3N8O. The Morgan fingerprint density at radius 3 is 2.44 bits per heavy atom. The molecule has 0 aliphatic carbocycles. The number of anilines is 1. The van der Waals surface area contributed by atoms with Gasteiger partial charge in [0.25, 0.3) is 0 Å². The monoisotopic (exact) mass is 446 g/mol. The Balaban J connectivity index is 0.000000354. The molecule has 0 unspecified atom stereocenters. The summed E-state index contributed by atoms with van der Waals surface area (Å²) in [5.41, 5.74) is 5.16. The molecule has 12 heteroatoms. The van der Waals surface area contributed by atoms with E-state index in [0.717, 1.165) is 0 Å². The lowest BCUT2D eigenvalue weighted by Gasteiger charge is -2.11. The lowest BCUT2D eigenvalue weighted by molar-refractivity contribution is -0.137. The highest BCUT2D eigenvalue weighted by Gasteiger charge is 2.36. The number of halogens is 3. The van der Waals surface area contributed by atoms with Crippen LogP contribution < -0.4 is 11.1 Å². The van der Waals surface area contributed by atoms with Crippen molar-refractivity contribution in [3.63, 3.8) is 0 Å². The van der Waals surface area contributed by atoms with Gasteiger partial charge in [-0.05, 0) is 38.1 Å². The average molecular weight is 446 g/mol.